The van der Waals surface area contributed by atoms with Crippen LogP contribution < -0.4 is 10.9 Å². The van der Waals surface area contributed by atoms with Crippen LogP contribution in [0.25, 0.3) is 11.0 Å². The summed E-state index contributed by atoms with van der Waals surface area (Å²) in [4.78, 5) is 37.0. The van der Waals surface area contributed by atoms with E-state index in [1.165, 1.54) is 6.08 Å². The molecule has 0 spiro atoms. The number of hydrogen-bond acceptors (Lipinski definition) is 7. The highest BCUT2D eigenvalue weighted by Gasteiger charge is 2.28. The third kappa shape index (κ3) is 4.86. The Hall–Kier alpha value is -3.53. The van der Waals surface area contributed by atoms with Gasteiger partial charge >= 0.3 is 0 Å². The van der Waals surface area contributed by atoms with Gasteiger partial charge in [-0.25, -0.2) is 4.98 Å². The van der Waals surface area contributed by atoms with E-state index in [2.05, 4.69) is 31.9 Å². The number of anilines is 2. The molecule has 4 heterocycles. The summed E-state index contributed by atoms with van der Waals surface area (Å²) in [5.41, 5.74) is 1.28. The van der Waals surface area contributed by atoms with Crippen LogP contribution in [0, 0.1) is 5.92 Å². The summed E-state index contributed by atoms with van der Waals surface area (Å²) < 4.78 is 3.54. The lowest BCUT2D eigenvalue weighted by Gasteiger charge is -2.38. The number of rotatable bonds is 9. The maximum atomic E-state index is 12.6. The predicted molar refractivity (Wildman–Crippen MR) is 123 cm³/mol. The first-order chi connectivity index (χ1) is 15.4. The minimum Gasteiger partial charge on any atom is -0.338 e. The van der Waals surface area contributed by atoms with E-state index in [9.17, 15) is 9.59 Å². The molecule has 0 aliphatic carbocycles. The first kappa shape index (κ1) is 21.7. The molecule has 0 atom stereocenters. The molecule has 1 N–H and O–H groups in total. The third-order valence-corrected chi connectivity index (χ3v) is 5.59. The predicted octanol–water partition coefficient (Wildman–Crippen LogP) is 1.33. The second kappa shape index (κ2) is 9.31. The van der Waals surface area contributed by atoms with Crippen molar-refractivity contribution in [3.8, 4) is 0 Å². The van der Waals surface area contributed by atoms with Crippen LogP contribution in [-0.4, -0.2) is 73.8 Å². The fourth-order valence-corrected chi connectivity index (χ4v) is 3.70. The topological polar surface area (TPSA) is 101 Å². The Morgan fingerprint density at radius 1 is 1.28 bits per heavy atom. The van der Waals surface area contributed by atoms with E-state index >= 15 is 0 Å². The van der Waals surface area contributed by atoms with E-state index in [4.69, 9.17) is 0 Å². The quantitative estimate of drug-likeness (QED) is 0.505. The minimum absolute atomic E-state index is 0.0444. The van der Waals surface area contributed by atoms with Crippen LogP contribution in [0.2, 0.25) is 0 Å². The van der Waals surface area contributed by atoms with Crippen molar-refractivity contribution in [2.75, 3.05) is 39.0 Å². The number of carbonyl (C=O) groups excluding carboxylic acids is 1. The molecule has 1 aliphatic heterocycles. The summed E-state index contributed by atoms with van der Waals surface area (Å²) in [5, 5.41) is 8.32. The van der Waals surface area contributed by atoms with E-state index in [1.54, 1.807) is 34.0 Å². The number of carbonyl (C=O) groups is 1. The minimum atomic E-state index is -0.1000. The molecule has 1 fully saturated rings. The first-order valence-electron chi connectivity index (χ1n) is 10.6. The summed E-state index contributed by atoms with van der Waals surface area (Å²) in [5.74, 6) is 0.737. The zero-order valence-corrected chi connectivity index (χ0v) is 18.4. The molecular weight excluding hydrogens is 408 g/mol. The average molecular weight is 437 g/mol. The summed E-state index contributed by atoms with van der Waals surface area (Å²) >= 11 is 0. The van der Waals surface area contributed by atoms with Crippen LogP contribution >= 0.6 is 0 Å². The Morgan fingerprint density at radius 3 is 2.84 bits per heavy atom. The van der Waals surface area contributed by atoms with Gasteiger partial charge < -0.3 is 15.1 Å². The highest BCUT2D eigenvalue weighted by Crippen LogP contribution is 2.21. The van der Waals surface area contributed by atoms with Gasteiger partial charge in [-0.3, -0.25) is 18.8 Å². The first-order valence-corrected chi connectivity index (χ1v) is 10.6. The standard InChI is InChI=1S/C22H28N8O2/c1-4-19(31)28-13-16(14-28)7-8-30-20(32)6-5-17-11-23-22(26-21(17)30)25-18-12-24-29(15-18)10-9-27(2)3/h4-6,11-12,15-16H,1,7-10,13-14H2,2-3H3,(H,23,25,26). The van der Waals surface area contributed by atoms with E-state index in [-0.39, 0.29) is 11.5 Å². The molecule has 3 aromatic heterocycles. The molecule has 32 heavy (non-hydrogen) atoms. The number of aryl methyl sites for hydroxylation is 1. The number of likely N-dealkylation sites (tertiary alicyclic amines) is 1. The van der Waals surface area contributed by atoms with Crippen LogP contribution in [0.1, 0.15) is 6.42 Å². The van der Waals surface area contributed by atoms with Crippen LogP contribution in [0.15, 0.2) is 48.2 Å². The molecule has 4 rings (SSSR count). The monoisotopic (exact) mass is 436 g/mol. The second-order valence-electron chi connectivity index (χ2n) is 8.32. The molecule has 0 bridgehead atoms. The zero-order valence-electron chi connectivity index (χ0n) is 18.4. The van der Waals surface area contributed by atoms with Crippen molar-refractivity contribution in [1.82, 2.24) is 34.1 Å². The number of amides is 1. The number of likely N-dealkylation sites (N-methyl/N-ethyl adjacent to an activating group) is 1. The number of nitrogens with zero attached hydrogens (tertiary/aromatic N) is 7. The molecule has 168 valence electrons. The Morgan fingerprint density at radius 2 is 2.09 bits per heavy atom. The molecule has 1 amide bonds. The van der Waals surface area contributed by atoms with Gasteiger partial charge in [-0.15, -0.1) is 0 Å². The molecule has 0 aromatic carbocycles. The summed E-state index contributed by atoms with van der Waals surface area (Å²) in [6, 6.07) is 3.28. The van der Waals surface area contributed by atoms with Crippen LogP contribution in [-0.2, 0) is 17.9 Å². The lowest BCUT2D eigenvalue weighted by Crippen LogP contribution is -2.49. The van der Waals surface area contributed by atoms with Gasteiger partial charge in [0.1, 0.15) is 5.65 Å². The smallest absolute Gasteiger partial charge is 0.252 e. The zero-order chi connectivity index (χ0) is 22.7. The largest absolute Gasteiger partial charge is 0.338 e. The summed E-state index contributed by atoms with van der Waals surface area (Å²) in [6.07, 6.45) is 7.48. The molecular formula is C22H28N8O2. The van der Waals surface area contributed by atoms with Crippen LogP contribution in [0.4, 0.5) is 11.6 Å². The van der Waals surface area contributed by atoms with Gasteiger partial charge in [0.2, 0.25) is 11.9 Å². The summed E-state index contributed by atoms with van der Waals surface area (Å²) in [6.45, 7) is 7.12. The molecule has 1 aliphatic rings. The van der Waals surface area contributed by atoms with Gasteiger partial charge in [-0.05, 0) is 38.6 Å². The molecule has 1 saturated heterocycles. The second-order valence-corrected chi connectivity index (χ2v) is 8.32. The lowest BCUT2D eigenvalue weighted by molar-refractivity contribution is -0.132. The highest BCUT2D eigenvalue weighted by atomic mass is 16.2. The van der Waals surface area contributed by atoms with Crippen LogP contribution in [0.5, 0.6) is 0 Å². The maximum absolute atomic E-state index is 12.6. The number of aromatic nitrogens is 5. The van der Waals surface area contributed by atoms with Gasteiger partial charge in [-0.2, -0.15) is 10.1 Å². The SMILES string of the molecule is C=CC(=O)N1CC(CCn2c(=O)ccc3cnc(Nc4cnn(CCN(C)C)c4)nc32)C1. The van der Waals surface area contributed by atoms with Gasteiger partial charge in [0.25, 0.3) is 5.56 Å². The molecule has 0 unspecified atom stereocenters. The van der Waals surface area contributed by atoms with Crippen molar-refractivity contribution < 1.29 is 4.79 Å². The Kier molecular flexibility index (Phi) is 6.31. The fourth-order valence-electron chi connectivity index (χ4n) is 3.70. The lowest BCUT2D eigenvalue weighted by atomic mass is 9.96. The van der Waals surface area contributed by atoms with Crippen molar-refractivity contribution in [1.29, 1.82) is 0 Å². The normalized spacial score (nSPS) is 14.0. The molecule has 10 nitrogen and oxygen atoms in total. The van der Waals surface area contributed by atoms with E-state index < -0.39 is 0 Å². The van der Waals surface area contributed by atoms with Crippen molar-refractivity contribution in [2.24, 2.45) is 5.92 Å². The van der Waals surface area contributed by atoms with Crippen molar-refractivity contribution in [2.45, 2.75) is 19.5 Å². The summed E-state index contributed by atoms with van der Waals surface area (Å²) in [7, 11) is 4.04. The van der Waals surface area contributed by atoms with E-state index in [1.807, 2.05) is 25.0 Å². The van der Waals surface area contributed by atoms with Gasteiger partial charge in [-0.1, -0.05) is 6.58 Å². The third-order valence-electron chi connectivity index (χ3n) is 5.59. The Balaban J connectivity index is 1.46. The van der Waals surface area contributed by atoms with Gasteiger partial charge in [0, 0.05) is 50.0 Å². The number of nitrogens with one attached hydrogen (secondary N) is 1. The van der Waals surface area contributed by atoms with E-state index in [0.717, 1.165) is 30.6 Å². The molecule has 0 radical (unpaired) electrons. The van der Waals surface area contributed by atoms with E-state index in [0.29, 0.717) is 37.1 Å². The fraction of sp³-hybridized carbons (Fsp3) is 0.409. The molecule has 0 saturated carbocycles. The van der Waals surface area contributed by atoms with Crippen molar-refractivity contribution in [3.63, 3.8) is 0 Å². The van der Waals surface area contributed by atoms with Gasteiger partial charge in [0.05, 0.1) is 18.4 Å². The highest BCUT2D eigenvalue weighted by molar-refractivity contribution is 5.87. The van der Waals surface area contributed by atoms with Crippen molar-refractivity contribution in [3.05, 3.63) is 53.7 Å². The number of fused-ring (bicyclic) bond motifs is 1. The average Bonchev–Trinajstić information content (AvgIpc) is 3.19. The molecule has 10 heteroatoms. The maximum Gasteiger partial charge on any atom is 0.252 e. The van der Waals surface area contributed by atoms with Crippen molar-refractivity contribution >= 4 is 28.6 Å². The Labute approximate surface area is 186 Å². The van der Waals surface area contributed by atoms with Crippen LogP contribution in [0.3, 0.4) is 0 Å². The Bertz CT molecular complexity index is 1180. The van der Waals surface area contributed by atoms with Gasteiger partial charge in [0.15, 0.2) is 0 Å². The number of pyridine rings is 1. The molecule has 3 aromatic rings. The number of hydrogen-bond donors (Lipinski definition) is 1.